The highest BCUT2D eigenvalue weighted by atomic mass is 79.9. The summed E-state index contributed by atoms with van der Waals surface area (Å²) in [6.07, 6.45) is 5.84. The number of rotatable bonds is 6. The molecule has 4 rings (SSSR count). The Hall–Kier alpha value is -3.10. The Morgan fingerprint density at radius 1 is 1.10 bits per heavy atom. The lowest BCUT2D eigenvalue weighted by atomic mass is 10.1. The molecule has 3 aromatic rings. The van der Waals surface area contributed by atoms with Crippen LogP contribution < -0.4 is 10.1 Å². The van der Waals surface area contributed by atoms with Crippen LogP contribution in [-0.4, -0.2) is 11.9 Å². The number of fused-ring (bicyclic) bond motifs is 1. The van der Waals surface area contributed by atoms with Crippen molar-refractivity contribution in [1.29, 1.82) is 5.26 Å². The van der Waals surface area contributed by atoms with E-state index in [9.17, 15) is 10.1 Å². The monoisotopic (exact) mass is 474 g/mol. The van der Waals surface area contributed by atoms with Crippen molar-refractivity contribution < 1.29 is 9.53 Å². The van der Waals surface area contributed by atoms with Gasteiger partial charge in [0, 0.05) is 6.04 Å². The van der Waals surface area contributed by atoms with E-state index in [1.807, 2.05) is 36.4 Å². The number of hydrogen-bond acceptors (Lipinski definition) is 3. The van der Waals surface area contributed by atoms with Gasteiger partial charge in [0.05, 0.1) is 4.47 Å². The van der Waals surface area contributed by atoms with E-state index < -0.39 is 0 Å². The normalized spacial score (nSPS) is 14.4. The van der Waals surface area contributed by atoms with Crippen LogP contribution in [-0.2, 0) is 11.4 Å². The zero-order valence-electron chi connectivity index (χ0n) is 17.1. The fourth-order valence-electron chi connectivity index (χ4n) is 3.86. The molecule has 0 aromatic heterocycles. The van der Waals surface area contributed by atoms with Crippen LogP contribution >= 0.6 is 15.9 Å². The van der Waals surface area contributed by atoms with Gasteiger partial charge in [-0.25, -0.2) is 0 Å². The zero-order chi connectivity index (χ0) is 21.6. The van der Waals surface area contributed by atoms with Gasteiger partial charge in [-0.3, -0.25) is 4.79 Å². The average molecular weight is 475 g/mol. The summed E-state index contributed by atoms with van der Waals surface area (Å²) in [5, 5.41) is 14.8. The molecule has 4 nitrogen and oxygen atoms in total. The number of hydrogen-bond donors (Lipinski definition) is 1. The highest BCUT2D eigenvalue weighted by Crippen LogP contribution is 2.28. The molecule has 0 bridgehead atoms. The van der Waals surface area contributed by atoms with Gasteiger partial charge in [0.15, 0.2) is 0 Å². The minimum atomic E-state index is -0.304. The molecule has 0 spiro atoms. The Balaban J connectivity index is 1.43. The molecule has 0 radical (unpaired) electrons. The summed E-state index contributed by atoms with van der Waals surface area (Å²) < 4.78 is 6.76. The molecule has 1 saturated carbocycles. The van der Waals surface area contributed by atoms with E-state index in [-0.39, 0.29) is 17.5 Å². The third kappa shape index (κ3) is 5.34. The molecule has 1 N–H and O–H groups in total. The molecule has 0 saturated heterocycles. The van der Waals surface area contributed by atoms with Crippen molar-refractivity contribution in [3.05, 3.63) is 81.8 Å². The molecule has 1 amide bonds. The lowest BCUT2D eigenvalue weighted by molar-refractivity contribution is -0.117. The average Bonchev–Trinajstić information content (AvgIpc) is 3.29. The second-order valence-electron chi connectivity index (χ2n) is 7.78. The van der Waals surface area contributed by atoms with Crippen molar-refractivity contribution in [2.45, 2.75) is 38.3 Å². The number of carbonyl (C=O) groups excluding carboxylic acids is 1. The van der Waals surface area contributed by atoms with Crippen molar-refractivity contribution in [3.63, 3.8) is 0 Å². The van der Waals surface area contributed by atoms with Crippen molar-refractivity contribution in [2.24, 2.45) is 0 Å². The quantitative estimate of drug-likeness (QED) is 0.344. The largest absolute Gasteiger partial charge is 0.488 e. The first-order valence-corrected chi connectivity index (χ1v) is 11.2. The molecule has 0 atom stereocenters. The number of amides is 1. The molecule has 1 aliphatic rings. The van der Waals surface area contributed by atoms with Gasteiger partial charge in [-0.1, -0.05) is 55.3 Å². The van der Waals surface area contributed by atoms with Gasteiger partial charge in [-0.05, 0) is 74.9 Å². The first-order chi connectivity index (χ1) is 15.1. The summed E-state index contributed by atoms with van der Waals surface area (Å²) in [6, 6.07) is 22.3. The number of ether oxygens (including phenoxy) is 1. The Kier molecular flexibility index (Phi) is 6.69. The molecule has 0 aliphatic heterocycles. The lowest BCUT2D eigenvalue weighted by Gasteiger charge is -2.11. The van der Waals surface area contributed by atoms with Crippen LogP contribution in [0, 0.1) is 11.3 Å². The second kappa shape index (κ2) is 9.80. The topological polar surface area (TPSA) is 62.1 Å². The number of nitrogens with one attached hydrogen (secondary N) is 1. The summed E-state index contributed by atoms with van der Waals surface area (Å²) in [6.45, 7) is 0.450. The number of carbonyl (C=O) groups is 1. The Morgan fingerprint density at radius 3 is 2.61 bits per heavy atom. The predicted octanol–water partition coefficient (Wildman–Crippen LogP) is 6.15. The highest BCUT2D eigenvalue weighted by Gasteiger charge is 2.19. The molecule has 31 heavy (non-hydrogen) atoms. The number of nitriles is 1. The van der Waals surface area contributed by atoms with Crippen molar-refractivity contribution in [3.8, 4) is 11.8 Å². The summed E-state index contributed by atoms with van der Waals surface area (Å²) in [5.41, 5.74) is 1.97. The minimum absolute atomic E-state index is 0.114. The first kappa shape index (κ1) is 21.1. The fourth-order valence-corrected chi connectivity index (χ4v) is 4.37. The van der Waals surface area contributed by atoms with Gasteiger partial charge < -0.3 is 10.1 Å². The summed E-state index contributed by atoms with van der Waals surface area (Å²) in [5.74, 6) is 0.404. The van der Waals surface area contributed by atoms with Crippen LogP contribution in [0.2, 0.25) is 0 Å². The van der Waals surface area contributed by atoms with E-state index >= 15 is 0 Å². The minimum Gasteiger partial charge on any atom is -0.488 e. The zero-order valence-corrected chi connectivity index (χ0v) is 18.7. The smallest absolute Gasteiger partial charge is 0.262 e. The predicted molar refractivity (Wildman–Crippen MR) is 126 cm³/mol. The van der Waals surface area contributed by atoms with E-state index in [2.05, 4.69) is 51.6 Å². The maximum atomic E-state index is 12.4. The first-order valence-electron chi connectivity index (χ1n) is 10.4. The van der Waals surface area contributed by atoms with Gasteiger partial charge in [0.2, 0.25) is 0 Å². The van der Waals surface area contributed by atoms with Gasteiger partial charge >= 0.3 is 0 Å². The van der Waals surface area contributed by atoms with Gasteiger partial charge in [-0.2, -0.15) is 5.26 Å². The Labute approximate surface area is 190 Å². The third-order valence-corrected chi connectivity index (χ3v) is 6.15. The van der Waals surface area contributed by atoms with Gasteiger partial charge in [-0.15, -0.1) is 0 Å². The molecule has 0 unspecified atom stereocenters. The number of halogens is 1. The second-order valence-corrected chi connectivity index (χ2v) is 8.64. The SMILES string of the molecule is N#C/C(=C/c1ccc(OCc2ccc3ccccc3c2)c(Br)c1)C(=O)NC1CCCC1. The van der Waals surface area contributed by atoms with Gasteiger partial charge in [0.25, 0.3) is 5.91 Å². The Morgan fingerprint density at radius 2 is 1.87 bits per heavy atom. The van der Waals surface area contributed by atoms with E-state index in [0.29, 0.717) is 12.4 Å². The third-order valence-electron chi connectivity index (χ3n) is 5.53. The summed E-state index contributed by atoms with van der Waals surface area (Å²) in [4.78, 5) is 12.4. The maximum absolute atomic E-state index is 12.4. The molecule has 3 aromatic carbocycles. The van der Waals surface area contributed by atoms with Crippen molar-refractivity contribution in [1.82, 2.24) is 5.32 Å². The van der Waals surface area contributed by atoms with E-state index in [1.165, 1.54) is 10.8 Å². The number of nitrogens with zero attached hydrogens (tertiary/aromatic N) is 1. The van der Waals surface area contributed by atoms with Crippen LogP contribution in [0.15, 0.2) is 70.7 Å². The highest BCUT2D eigenvalue weighted by molar-refractivity contribution is 9.10. The Bertz CT molecular complexity index is 1170. The van der Waals surface area contributed by atoms with Crippen LogP contribution in [0.4, 0.5) is 0 Å². The standard InChI is InChI=1S/C26H23BrN2O2/c27-24-15-18(13-22(16-28)26(30)29-23-7-3-4-8-23)10-12-25(24)31-17-19-9-11-20-5-1-2-6-21(20)14-19/h1-2,5-6,9-15,23H,3-4,7-8,17H2,(H,29,30)/b22-13-. The molecule has 1 fully saturated rings. The molecule has 5 heteroatoms. The van der Waals surface area contributed by atoms with Crippen LogP contribution in [0.3, 0.4) is 0 Å². The molecule has 0 heterocycles. The molecule has 156 valence electrons. The lowest BCUT2D eigenvalue weighted by Crippen LogP contribution is -2.33. The van der Waals surface area contributed by atoms with E-state index in [4.69, 9.17) is 4.74 Å². The molecule has 1 aliphatic carbocycles. The summed E-state index contributed by atoms with van der Waals surface area (Å²) >= 11 is 3.54. The molecular formula is C26H23BrN2O2. The van der Waals surface area contributed by atoms with Crippen molar-refractivity contribution >= 4 is 38.7 Å². The van der Waals surface area contributed by atoms with E-state index in [0.717, 1.165) is 41.3 Å². The van der Waals surface area contributed by atoms with Gasteiger partial charge in [0.1, 0.15) is 24.0 Å². The van der Waals surface area contributed by atoms with E-state index in [1.54, 1.807) is 6.08 Å². The van der Waals surface area contributed by atoms with Crippen molar-refractivity contribution in [2.75, 3.05) is 0 Å². The maximum Gasteiger partial charge on any atom is 0.262 e. The van der Waals surface area contributed by atoms with Crippen LogP contribution in [0.1, 0.15) is 36.8 Å². The fraction of sp³-hybridized carbons (Fsp3) is 0.231. The summed E-state index contributed by atoms with van der Waals surface area (Å²) in [7, 11) is 0. The van der Waals surface area contributed by atoms with Crippen LogP contribution in [0.5, 0.6) is 5.75 Å². The molecular weight excluding hydrogens is 452 g/mol. The van der Waals surface area contributed by atoms with Crippen LogP contribution in [0.25, 0.3) is 16.8 Å². The number of benzene rings is 3.